The van der Waals surface area contributed by atoms with Gasteiger partial charge in [0.2, 0.25) is 0 Å². The van der Waals surface area contributed by atoms with Crippen molar-refractivity contribution in [1.82, 2.24) is 9.55 Å². The van der Waals surface area contributed by atoms with Crippen LogP contribution in [0.2, 0.25) is 5.02 Å². The highest BCUT2D eigenvalue weighted by Gasteiger charge is 2.10. The van der Waals surface area contributed by atoms with Crippen LogP contribution < -0.4 is 11.2 Å². The standard InChI is InChI=1S/C12H13ClN2O2/c1-7(2)6-15-11(16)10-8(13)4-3-5-9(10)14-12(15)17/h3-5,7H,6H2,1-2H3,(H,14,17). The number of rotatable bonds is 2. The number of hydrogen-bond acceptors (Lipinski definition) is 2. The van der Waals surface area contributed by atoms with Crippen molar-refractivity contribution in [2.45, 2.75) is 20.4 Å². The highest BCUT2D eigenvalue weighted by Crippen LogP contribution is 2.16. The van der Waals surface area contributed by atoms with E-state index in [-0.39, 0.29) is 11.5 Å². The molecule has 0 bridgehead atoms. The van der Waals surface area contributed by atoms with Crippen molar-refractivity contribution in [3.05, 3.63) is 44.1 Å². The summed E-state index contributed by atoms with van der Waals surface area (Å²) in [5.74, 6) is 0.216. The zero-order chi connectivity index (χ0) is 12.6. The molecule has 0 atom stereocenters. The summed E-state index contributed by atoms with van der Waals surface area (Å²) in [4.78, 5) is 26.6. The summed E-state index contributed by atoms with van der Waals surface area (Å²) in [7, 11) is 0. The summed E-state index contributed by atoms with van der Waals surface area (Å²) in [5.41, 5.74) is -0.242. The molecule has 90 valence electrons. The quantitative estimate of drug-likeness (QED) is 0.889. The molecule has 1 aromatic heterocycles. The largest absolute Gasteiger partial charge is 0.328 e. The lowest BCUT2D eigenvalue weighted by atomic mass is 10.2. The van der Waals surface area contributed by atoms with E-state index in [2.05, 4.69) is 4.98 Å². The summed E-state index contributed by atoms with van der Waals surface area (Å²) >= 11 is 5.99. The van der Waals surface area contributed by atoms with E-state index in [9.17, 15) is 9.59 Å². The maximum absolute atomic E-state index is 12.2. The fourth-order valence-electron chi connectivity index (χ4n) is 1.79. The van der Waals surface area contributed by atoms with Crippen LogP contribution in [0.4, 0.5) is 0 Å². The molecule has 0 aliphatic heterocycles. The number of aromatic amines is 1. The zero-order valence-electron chi connectivity index (χ0n) is 9.66. The van der Waals surface area contributed by atoms with Crippen molar-refractivity contribution in [1.29, 1.82) is 0 Å². The first kappa shape index (κ1) is 11.9. The predicted molar refractivity (Wildman–Crippen MR) is 68.7 cm³/mol. The SMILES string of the molecule is CC(C)Cn1c(=O)[nH]c2cccc(Cl)c2c1=O. The summed E-state index contributed by atoms with van der Waals surface area (Å²) in [6.45, 7) is 4.28. The van der Waals surface area contributed by atoms with Crippen LogP contribution in [0.1, 0.15) is 13.8 Å². The number of H-pyrrole nitrogens is 1. The molecule has 1 heterocycles. The van der Waals surface area contributed by atoms with Gasteiger partial charge in [0, 0.05) is 6.54 Å². The van der Waals surface area contributed by atoms with E-state index in [0.29, 0.717) is 22.5 Å². The van der Waals surface area contributed by atoms with Gasteiger partial charge in [0.15, 0.2) is 0 Å². The molecule has 2 rings (SSSR count). The van der Waals surface area contributed by atoms with E-state index in [4.69, 9.17) is 11.6 Å². The molecule has 0 aliphatic rings. The Morgan fingerprint density at radius 2 is 2.06 bits per heavy atom. The second-order valence-electron chi connectivity index (χ2n) is 4.40. The molecule has 1 aromatic carbocycles. The zero-order valence-corrected chi connectivity index (χ0v) is 10.4. The maximum atomic E-state index is 12.2. The second kappa shape index (κ2) is 4.37. The molecule has 0 saturated heterocycles. The van der Waals surface area contributed by atoms with Crippen molar-refractivity contribution in [2.24, 2.45) is 5.92 Å². The monoisotopic (exact) mass is 252 g/mol. The van der Waals surface area contributed by atoms with Gasteiger partial charge in [0.25, 0.3) is 5.56 Å². The molecule has 0 amide bonds. The Balaban J connectivity index is 2.84. The predicted octanol–water partition coefficient (Wildman–Crippen LogP) is 2.00. The third-order valence-corrected chi connectivity index (χ3v) is 2.82. The van der Waals surface area contributed by atoms with Crippen LogP contribution >= 0.6 is 11.6 Å². The Kier molecular flexibility index (Phi) is 3.07. The van der Waals surface area contributed by atoms with Crippen molar-refractivity contribution in [3.63, 3.8) is 0 Å². The average molecular weight is 253 g/mol. The van der Waals surface area contributed by atoms with E-state index in [1.165, 1.54) is 4.57 Å². The van der Waals surface area contributed by atoms with Crippen molar-refractivity contribution >= 4 is 22.5 Å². The first-order valence-corrected chi connectivity index (χ1v) is 5.80. The van der Waals surface area contributed by atoms with E-state index in [1.807, 2.05) is 13.8 Å². The highest BCUT2D eigenvalue weighted by molar-refractivity contribution is 6.35. The fourth-order valence-corrected chi connectivity index (χ4v) is 2.04. The van der Waals surface area contributed by atoms with Crippen LogP contribution in [0.3, 0.4) is 0 Å². The third-order valence-electron chi connectivity index (χ3n) is 2.51. The topological polar surface area (TPSA) is 54.9 Å². The Bertz CT molecular complexity index is 670. The molecule has 0 unspecified atom stereocenters. The third kappa shape index (κ3) is 2.13. The van der Waals surface area contributed by atoms with E-state index in [1.54, 1.807) is 18.2 Å². The van der Waals surface area contributed by atoms with Crippen LogP contribution in [-0.4, -0.2) is 9.55 Å². The van der Waals surface area contributed by atoms with E-state index < -0.39 is 5.69 Å². The first-order chi connectivity index (χ1) is 8.00. The molecular weight excluding hydrogens is 240 g/mol. The summed E-state index contributed by atoms with van der Waals surface area (Å²) in [6, 6.07) is 5.01. The molecule has 17 heavy (non-hydrogen) atoms. The molecule has 1 N–H and O–H groups in total. The molecule has 0 aliphatic carbocycles. The first-order valence-electron chi connectivity index (χ1n) is 5.42. The Morgan fingerprint density at radius 3 is 2.71 bits per heavy atom. The lowest BCUT2D eigenvalue weighted by molar-refractivity contribution is 0.496. The normalized spacial score (nSPS) is 11.3. The van der Waals surface area contributed by atoms with E-state index >= 15 is 0 Å². The molecule has 4 nitrogen and oxygen atoms in total. The Hall–Kier alpha value is -1.55. The lowest BCUT2D eigenvalue weighted by Crippen LogP contribution is -2.36. The molecule has 0 saturated carbocycles. The smallest absolute Gasteiger partial charge is 0.307 e. The second-order valence-corrected chi connectivity index (χ2v) is 4.81. The number of fused-ring (bicyclic) bond motifs is 1. The van der Waals surface area contributed by atoms with Gasteiger partial charge in [-0.1, -0.05) is 31.5 Å². The number of nitrogens with one attached hydrogen (secondary N) is 1. The Morgan fingerprint density at radius 1 is 1.35 bits per heavy atom. The van der Waals surface area contributed by atoms with Crippen molar-refractivity contribution in [2.75, 3.05) is 0 Å². The van der Waals surface area contributed by atoms with Gasteiger partial charge in [-0.05, 0) is 18.1 Å². The van der Waals surface area contributed by atoms with Crippen LogP contribution in [0.15, 0.2) is 27.8 Å². The molecular formula is C12H13ClN2O2. The summed E-state index contributed by atoms with van der Waals surface area (Å²) in [5, 5.41) is 0.732. The van der Waals surface area contributed by atoms with Gasteiger partial charge in [-0.3, -0.25) is 9.36 Å². The van der Waals surface area contributed by atoms with Gasteiger partial charge in [-0.25, -0.2) is 4.79 Å². The minimum atomic E-state index is -0.390. The van der Waals surface area contributed by atoms with Crippen molar-refractivity contribution < 1.29 is 0 Å². The number of benzene rings is 1. The van der Waals surface area contributed by atoms with Gasteiger partial charge in [0.05, 0.1) is 15.9 Å². The molecule has 2 aromatic rings. The van der Waals surface area contributed by atoms with Crippen molar-refractivity contribution in [3.8, 4) is 0 Å². The van der Waals surface area contributed by atoms with Gasteiger partial charge >= 0.3 is 5.69 Å². The van der Waals surface area contributed by atoms with Crippen LogP contribution in [0.25, 0.3) is 10.9 Å². The summed E-state index contributed by atoms with van der Waals surface area (Å²) < 4.78 is 1.19. The number of hydrogen-bond donors (Lipinski definition) is 1. The minimum Gasteiger partial charge on any atom is -0.307 e. The maximum Gasteiger partial charge on any atom is 0.328 e. The van der Waals surface area contributed by atoms with E-state index in [0.717, 1.165) is 0 Å². The minimum absolute atomic E-state index is 0.216. The number of aromatic nitrogens is 2. The molecule has 0 fully saturated rings. The van der Waals surface area contributed by atoms with Gasteiger partial charge in [-0.2, -0.15) is 0 Å². The van der Waals surface area contributed by atoms with Crippen LogP contribution in [-0.2, 0) is 6.54 Å². The summed E-state index contributed by atoms with van der Waals surface area (Å²) in [6.07, 6.45) is 0. The number of halogens is 1. The molecule has 5 heteroatoms. The fraction of sp³-hybridized carbons (Fsp3) is 0.333. The average Bonchev–Trinajstić information content (AvgIpc) is 2.23. The molecule has 0 spiro atoms. The Labute approximate surface area is 103 Å². The highest BCUT2D eigenvalue weighted by atomic mass is 35.5. The van der Waals surface area contributed by atoms with Gasteiger partial charge < -0.3 is 4.98 Å². The van der Waals surface area contributed by atoms with Gasteiger partial charge in [-0.15, -0.1) is 0 Å². The van der Waals surface area contributed by atoms with Crippen LogP contribution in [0, 0.1) is 5.92 Å². The number of nitrogens with zero attached hydrogens (tertiary/aromatic N) is 1. The molecule has 0 radical (unpaired) electrons. The van der Waals surface area contributed by atoms with Gasteiger partial charge in [0.1, 0.15) is 0 Å². The van der Waals surface area contributed by atoms with Crippen LogP contribution in [0.5, 0.6) is 0 Å². The lowest BCUT2D eigenvalue weighted by Gasteiger charge is -2.09.